The number of anilines is 2. The van der Waals surface area contributed by atoms with E-state index in [0.29, 0.717) is 28.5 Å². The van der Waals surface area contributed by atoms with Gasteiger partial charge in [0.2, 0.25) is 5.95 Å². The first-order chi connectivity index (χ1) is 14.2. The van der Waals surface area contributed by atoms with Gasteiger partial charge in [-0.3, -0.25) is 4.79 Å². The van der Waals surface area contributed by atoms with Crippen LogP contribution in [0.15, 0.2) is 46.6 Å². The Kier molecular flexibility index (Phi) is 3.95. The number of hydrogen-bond acceptors (Lipinski definition) is 9. The Morgan fingerprint density at radius 2 is 2.07 bits per heavy atom. The second-order valence-electron chi connectivity index (χ2n) is 6.26. The number of rotatable bonds is 3. The molecular weight excluding hydrogens is 394 g/mol. The number of ether oxygens (including phenoxy) is 1. The van der Waals surface area contributed by atoms with Crippen LogP contribution in [0.25, 0.3) is 10.6 Å². The molecule has 0 fully saturated rings. The van der Waals surface area contributed by atoms with E-state index in [4.69, 9.17) is 4.74 Å². The fourth-order valence-electron chi connectivity index (χ4n) is 3.37. The largest absolute Gasteiger partial charge is 0.465 e. The minimum atomic E-state index is -0.505. The fourth-order valence-corrected chi connectivity index (χ4v) is 4.09. The van der Waals surface area contributed by atoms with Crippen molar-refractivity contribution in [2.75, 3.05) is 12.4 Å². The van der Waals surface area contributed by atoms with Crippen LogP contribution in [0.3, 0.4) is 0 Å². The van der Waals surface area contributed by atoms with Gasteiger partial charge in [0.1, 0.15) is 17.4 Å². The van der Waals surface area contributed by atoms with Crippen LogP contribution in [0.5, 0.6) is 0 Å². The molecule has 4 aromatic rings. The molecule has 1 aromatic carbocycles. The number of aromatic nitrogens is 6. The van der Waals surface area contributed by atoms with Gasteiger partial charge in [-0.15, -0.1) is 11.3 Å². The van der Waals surface area contributed by atoms with Crippen molar-refractivity contribution < 1.29 is 9.53 Å². The van der Waals surface area contributed by atoms with Crippen LogP contribution in [0.4, 0.5) is 11.6 Å². The maximum absolute atomic E-state index is 12.6. The third-order valence-electron chi connectivity index (χ3n) is 4.67. The molecule has 5 rings (SSSR count). The van der Waals surface area contributed by atoms with Crippen molar-refractivity contribution in [1.82, 2.24) is 30.4 Å². The molecule has 3 aromatic heterocycles. The lowest BCUT2D eigenvalue weighted by Crippen LogP contribution is -2.29. The van der Waals surface area contributed by atoms with Crippen LogP contribution in [0, 0.1) is 0 Å². The number of tetrazole rings is 1. The lowest BCUT2D eigenvalue weighted by Gasteiger charge is -2.27. The topological polar surface area (TPSA) is 128 Å². The van der Waals surface area contributed by atoms with E-state index in [-0.39, 0.29) is 5.56 Å². The summed E-state index contributed by atoms with van der Waals surface area (Å²) < 4.78 is 6.36. The molecule has 4 heterocycles. The molecule has 1 aliphatic heterocycles. The summed E-state index contributed by atoms with van der Waals surface area (Å²) in [5.41, 5.74) is 2.47. The highest BCUT2D eigenvalue weighted by Crippen LogP contribution is 2.41. The first-order valence-corrected chi connectivity index (χ1v) is 9.45. The first-order valence-electron chi connectivity index (χ1n) is 8.57. The highest BCUT2D eigenvalue weighted by atomic mass is 32.1. The van der Waals surface area contributed by atoms with Gasteiger partial charge in [0.15, 0.2) is 0 Å². The van der Waals surface area contributed by atoms with E-state index in [0.717, 1.165) is 10.4 Å². The summed E-state index contributed by atoms with van der Waals surface area (Å²) in [7, 11) is 1.33. The second kappa shape index (κ2) is 6.63. The molecule has 2 N–H and O–H groups in total. The molecule has 0 bridgehead atoms. The standard InChI is InChI=1S/C18H13N7O3S/c1-28-17(27)10-6-4-9(5-7-10)15-12-13(11-3-2-8-29-11)20-21-16(26)14(12)19-18-22-23-24-25(15)18/h2-8,15H,1H3,(H,21,26)(H,19,22,24)/t15-/m0/s1. The Hall–Kier alpha value is -3.86. The van der Waals surface area contributed by atoms with Gasteiger partial charge in [0.05, 0.1) is 17.6 Å². The normalized spacial score (nSPS) is 14.6. The summed E-state index contributed by atoms with van der Waals surface area (Å²) in [5, 5.41) is 23.6. The van der Waals surface area contributed by atoms with Crippen molar-refractivity contribution in [2.45, 2.75) is 6.04 Å². The SMILES string of the molecule is COC(=O)c1ccc([C@H]2c3c(-c4cccs4)n[nH]c(=O)c3Nc3nnnn32)cc1. The van der Waals surface area contributed by atoms with Crippen LogP contribution in [-0.4, -0.2) is 43.5 Å². The van der Waals surface area contributed by atoms with Gasteiger partial charge in [0, 0.05) is 5.56 Å². The number of methoxy groups -OCH3 is 1. The third-order valence-corrected chi connectivity index (χ3v) is 5.55. The Morgan fingerprint density at radius 3 is 2.79 bits per heavy atom. The van der Waals surface area contributed by atoms with Crippen molar-refractivity contribution in [1.29, 1.82) is 0 Å². The number of H-pyrrole nitrogens is 1. The number of nitrogens with one attached hydrogen (secondary N) is 2. The number of carbonyl (C=O) groups excluding carboxylic acids is 1. The zero-order valence-corrected chi connectivity index (χ0v) is 15.8. The van der Waals surface area contributed by atoms with Gasteiger partial charge in [-0.25, -0.2) is 9.89 Å². The second-order valence-corrected chi connectivity index (χ2v) is 7.20. The van der Waals surface area contributed by atoms with Crippen LogP contribution < -0.4 is 10.9 Å². The highest BCUT2D eigenvalue weighted by Gasteiger charge is 2.34. The van der Waals surface area contributed by atoms with Gasteiger partial charge >= 0.3 is 5.97 Å². The molecule has 1 atom stereocenters. The first kappa shape index (κ1) is 17.3. The molecule has 0 saturated carbocycles. The summed E-state index contributed by atoms with van der Waals surface area (Å²) in [6.07, 6.45) is 0. The number of fused-ring (bicyclic) bond motifs is 2. The molecule has 1 aliphatic rings. The van der Waals surface area contributed by atoms with Gasteiger partial charge < -0.3 is 10.1 Å². The molecular formula is C18H13N7O3S. The predicted molar refractivity (Wildman–Crippen MR) is 104 cm³/mol. The maximum Gasteiger partial charge on any atom is 0.337 e. The van der Waals surface area contributed by atoms with Crippen molar-refractivity contribution in [3.8, 4) is 10.6 Å². The van der Waals surface area contributed by atoms with E-state index in [1.165, 1.54) is 18.4 Å². The van der Waals surface area contributed by atoms with E-state index < -0.39 is 12.0 Å². The fraction of sp³-hybridized carbons (Fsp3) is 0.111. The minimum Gasteiger partial charge on any atom is -0.465 e. The number of thiophene rings is 1. The lowest BCUT2D eigenvalue weighted by atomic mass is 9.94. The number of hydrogen-bond donors (Lipinski definition) is 2. The van der Waals surface area contributed by atoms with Crippen LogP contribution in [0.2, 0.25) is 0 Å². The van der Waals surface area contributed by atoms with E-state index in [1.54, 1.807) is 28.9 Å². The predicted octanol–water partition coefficient (Wildman–Crippen LogP) is 1.97. The molecule has 10 nitrogen and oxygen atoms in total. The Labute approximate surface area is 167 Å². The summed E-state index contributed by atoms with van der Waals surface area (Å²) in [6, 6.07) is 10.2. The van der Waals surface area contributed by atoms with Crippen LogP contribution >= 0.6 is 11.3 Å². The molecule has 0 amide bonds. The monoisotopic (exact) mass is 407 g/mol. The molecule has 29 heavy (non-hydrogen) atoms. The summed E-state index contributed by atoms with van der Waals surface area (Å²) in [4.78, 5) is 25.2. The maximum atomic E-state index is 12.6. The zero-order chi connectivity index (χ0) is 20.0. The van der Waals surface area contributed by atoms with Crippen molar-refractivity contribution in [3.05, 3.63) is 68.8 Å². The van der Waals surface area contributed by atoms with Crippen molar-refractivity contribution in [2.24, 2.45) is 0 Å². The van der Waals surface area contributed by atoms with Crippen LogP contribution in [0.1, 0.15) is 27.5 Å². The molecule has 0 unspecified atom stereocenters. The van der Waals surface area contributed by atoms with E-state index in [9.17, 15) is 9.59 Å². The molecule has 0 spiro atoms. The highest BCUT2D eigenvalue weighted by molar-refractivity contribution is 7.13. The number of carbonyl (C=O) groups is 1. The zero-order valence-electron chi connectivity index (χ0n) is 15.0. The van der Waals surface area contributed by atoms with Crippen LogP contribution in [-0.2, 0) is 4.74 Å². The van der Waals surface area contributed by atoms with Crippen molar-refractivity contribution in [3.63, 3.8) is 0 Å². The molecule has 144 valence electrons. The smallest absolute Gasteiger partial charge is 0.337 e. The average Bonchev–Trinajstić information content (AvgIpc) is 3.44. The Balaban J connectivity index is 1.74. The number of aromatic amines is 1. The summed E-state index contributed by atoms with van der Waals surface area (Å²) in [5.74, 6) is -0.0869. The van der Waals surface area contributed by atoms with E-state index in [2.05, 4.69) is 31.0 Å². The van der Waals surface area contributed by atoms with Gasteiger partial charge in [-0.2, -0.15) is 9.78 Å². The summed E-state index contributed by atoms with van der Waals surface area (Å²) >= 11 is 1.51. The lowest BCUT2D eigenvalue weighted by molar-refractivity contribution is 0.0600. The summed E-state index contributed by atoms with van der Waals surface area (Å²) in [6.45, 7) is 0. The van der Waals surface area contributed by atoms with E-state index >= 15 is 0 Å². The quantitative estimate of drug-likeness (QED) is 0.435. The number of nitrogens with zero attached hydrogens (tertiary/aromatic N) is 5. The Bertz CT molecular complexity index is 1260. The van der Waals surface area contributed by atoms with Crippen molar-refractivity contribution >= 4 is 28.9 Å². The molecule has 11 heteroatoms. The molecule has 0 aliphatic carbocycles. The number of esters is 1. The molecule has 0 saturated heterocycles. The number of benzene rings is 1. The van der Waals surface area contributed by atoms with Gasteiger partial charge in [0.25, 0.3) is 5.56 Å². The van der Waals surface area contributed by atoms with Gasteiger partial charge in [-0.05, 0) is 39.6 Å². The molecule has 0 radical (unpaired) electrons. The van der Waals surface area contributed by atoms with Gasteiger partial charge in [-0.1, -0.05) is 23.3 Å². The minimum absolute atomic E-state index is 0.341. The Morgan fingerprint density at radius 1 is 1.24 bits per heavy atom. The average molecular weight is 407 g/mol. The van der Waals surface area contributed by atoms with E-state index in [1.807, 2.05) is 17.5 Å². The third kappa shape index (κ3) is 2.70.